The Kier molecular flexibility index (Phi) is 4.71. The maximum absolute atomic E-state index is 10.8. The van der Waals surface area contributed by atoms with Crippen molar-refractivity contribution >= 4 is 28.1 Å². The van der Waals surface area contributed by atoms with Crippen LogP contribution >= 0.6 is 15.9 Å². The fourth-order valence-corrected chi connectivity index (χ4v) is 2.58. The number of hydrogen-bond acceptors (Lipinski definition) is 3. The van der Waals surface area contributed by atoms with E-state index in [1.54, 1.807) is 0 Å². The zero-order valence-electron chi connectivity index (χ0n) is 10.9. The second-order valence-corrected chi connectivity index (χ2v) is 5.66. The van der Waals surface area contributed by atoms with Crippen molar-refractivity contribution in [3.05, 3.63) is 34.3 Å². The second kappa shape index (κ2) is 6.30. The van der Waals surface area contributed by atoms with Gasteiger partial charge in [0.05, 0.1) is 0 Å². The van der Waals surface area contributed by atoms with E-state index in [2.05, 4.69) is 26.6 Å². The Morgan fingerprint density at radius 2 is 2.00 bits per heavy atom. The Balaban J connectivity index is 2.24. The van der Waals surface area contributed by atoms with E-state index in [0.29, 0.717) is 0 Å². The number of aliphatic imine (C=N–C) groups is 1. The van der Waals surface area contributed by atoms with Crippen LogP contribution < -0.4 is 10.6 Å². The topological polar surface area (TPSA) is 53.5 Å². The van der Waals surface area contributed by atoms with E-state index in [-0.39, 0.29) is 0 Å². The Morgan fingerprint density at radius 1 is 1.37 bits per heavy atom. The molecule has 1 aliphatic rings. The zero-order chi connectivity index (χ0) is 13.7. The molecule has 5 heteroatoms. The molecule has 1 amide bonds. The summed E-state index contributed by atoms with van der Waals surface area (Å²) in [5.41, 5.74) is 1.57. The van der Waals surface area contributed by atoms with Gasteiger partial charge in [-0.2, -0.15) is 0 Å². The fraction of sp³-hybridized carbons (Fsp3) is 0.429. The Bertz CT molecular complexity index is 464. The number of carbonyl (C=O) groups is 1. The number of carbonyl (C=O) groups excluding carboxylic acids is 1. The van der Waals surface area contributed by atoms with Crippen molar-refractivity contribution in [2.45, 2.75) is 25.4 Å². The molecule has 1 fully saturated rings. The molecule has 0 bridgehead atoms. The van der Waals surface area contributed by atoms with E-state index < -0.39 is 5.66 Å². The number of rotatable bonds is 4. The van der Waals surface area contributed by atoms with E-state index in [1.165, 1.54) is 0 Å². The average Bonchev–Trinajstić information content (AvgIpc) is 2.40. The van der Waals surface area contributed by atoms with Gasteiger partial charge >= 0.3 is 0 Å². The fourth-order valence-electron chi connectivity index (χ4n) is 2.32. The number of piperidine rings is 1. The number of amides is 1. The summed E-state index contributed by atoms with van der Waals surface area (Å²) in [6, 6.07) is 8.05. The van der Waals surface area contributed by atoms with Gasteiger partial charge < -0.3 is 10.6 Å². The van der Waals surface area contributed by atoms with Gasteiger partial charge in [-0.3, -0.25) is 9.79 Å². The average molecular weight is 324 g/mol. The van der Waals surface area contributed by atoms with Crippen LogP contribution in [0, 0.1) is 0 Å². The molecule has 0 unspecified atom stereocenters. The molecule has 1 aromatic rings. The van der Waals surface area contributed by atoms with Crippen LogP contribution in [-0.4, -0.2) is 30.9 Å². The van der Waals surface area contributed by atoms with Crippen LogP contribution in [0.5, 0.6) is 0 Å². The first-order valence-corrected chi connectivity index (χ1v) is 7.19. The minimum atomic E-state index is -0.454. The zero-order valence-corrected chi connectivity index (χ0v) is 12.5. The van der Waals surface area contributed by atoms with Crippen molar-refractivity contribution in [1.82, 2.24) is 10.6 Å². The molecule has 0 saturated carbocycles. The molecule has 2 rings (SSSR count). The quantitative estimate of drug-likeness (QED) is 0.658. The molecule has 0 aromatic heterocycles. The van der Waals surface area contributed by atoms with Crippen LogP contribution in [0.3, 0.4) is 0 Å². The van der Waals surface area contributed by atoms with Gasteiger partial charge in [-0.15, -0.1) is 0 Å². The molecule has 1 aromatic carbocycles. The largest absolute Gasteiger partial charge is 0.334 e. The highest BCUT2D eigenvalue weighted by Crippen LogP contribution is 2.21. The lowest BCUT2D eigenvalue weighted by atomic mass is 9.98. The van der Waals surface area contributed by atoms with Crippen molar-refractivity contribution in [2.75, 3.05) is 13.1 Å². The first-order chi connectivity index (χ1) is 9.15. The van der Waals surface area contributed by atoms with Gasteiger partial charge in [0.25, 0.3) is 0 Å². The third kappa shape index (κ3) is 3.64. The highest BCUT2D eigenvalue weighted by atomic mass is 79.9. The van der Waals surface area contributed by atoms with Gasteiger partial charge in [0.2, 0.25) is 6.41 Å². The Morgan fingerprint density at radius 3 is 2.58 bits per heavy atom. The summed E-state index contributed by atoms with van der Waals surface area (Å²) < 4.78 is 1.05. The maximum Gasteiger partial charge on any atom is 0.208 e. The van der Waals surface area contributed by atoms with Gasteiger partial charge in [-0.25, -0.2) is 0 Å². The van der Waals surface area contributed by atoms with E-state index in [1.807, 2.05) is 31.2 Å². The number of nitrogens with zero attached hydrogens (tertiary/aromatic N) is 1. The highest BCUT2D eigenvalue weighted by Gasteiger charge is 2.30. The van der Waals surface area contributed by atoms with Gasteiger partial charge in [0.1, 0.15) is 5.66 Å². The molecule has 2 N–H and O–H groups in total. The van der Waals surface area contributed by atoms with Crippen LogP contribution in [0.1, 0.15) is 25.3 Å². The molecule has 1 heterocycles. The summed E-state index contributed by atoms with van der Waals surface area (Å²) in [4.78, 5) is 15.6. The summed E-state index contributed by atoms with van der Waals surface area (Å²) in [7, 11) is 0. The number of nitrogens with one attached hydrogen (secondary N) is 2. The molecule has 0 atom stereocenters. The van der Waals surface area contributed by atoms with Crippen molar-refractivity contribution in [1.29, 1.82) is 0 Å². The highest BCUT2D eigenvalue weighted by molar-refractivity contribution is 9.10. The summed E-state index contributed by atoms with van der Waals surface area (Å²) in [5.74, 6) is 0. The third-order valence-corrected chi connectivity index (χ3v) is 3.93. The molecule has 1 aliphatic heterocycles. The molecule has 0 spiro atoms. The third-order valence-electron chi connectivity index (χ3n) is 3.40. The Labute approximate surface area is 121 Å². The maximum atomic E-state index is 10.8. The van der Waals surface area contributed by atoms with E-state index in [0.717, 1.165) is 48.1 Å². The molecule has 102 valence electrons. The lowest BCUT2D eigenvalue weighted by molar-refractivity contribution is -0.111. The van der Waals surface area contributed by atoms with Crippen molar-refractivity contribution < 1.29 is 4.79 Å². The summed E-state index contributed by atoms with van der Waals surface area (Å²) in [6.45, 7) is 3.73. The van der Waals surface area contributed by atoms with Crippen molar-refractivity contribution in [3.63, 3.8) is 0 Å². The van der Waals surface area contributed by atoms with Gasteiger partial charge in [0.15, 0.2) is 0 Å². The SMILES string of the molecule is CC(=NC1(NC=O)CCNCC1)c1ccc(Br)cc1. The van der Waals surface area contributed by atoms with E-state index in [4.69, 9.17) is 4.99 Å². The van der Waals surface area contributed by atoms with Gasteiger partial charge in [0, 0.05) is 23.0 Å². The van der Waals surface area contributed by atoms with Crippen LogP contribution in [-0.2, 0) is 4.79 Å². The Hall–Kier alpha value is -1.20. The number of hydrogen-bond donors (Lipinski definition) is 2. The molecular weight excluding hydrogens is 306 g/mol. The van der Waals surface area contributed by atoms with E-state index >= 15 is 0 Å². The second-order valence-electron chi connectivity index (χ2n) is 4.75. The minimum absolute atomic E-state index is 0.454. The first-order valence-electron chi connectivity index (χ1n) is 6.40. The summed E-state index contributed by atoms with van der Waals surface area (Å²) >= 11 is 3.42. The lowest BCUT2D eigenvalue weighted by Gasteiger charge is -2.34. The van der Waals surface area contributed by atoms with Crippen molar-refractivity contribution in [2.24, 2.45) is 4.99 Å². The lowest BCUT2D eigenvalue weighted by Crippen LogP contribution is -2.51. The van der Waals surface area contributed by atoms with Crippen LogP contribution in [0.15, 0.2) is 33.7 Å². The number of benzene rings is 1. The van der Waals surface area contributed by atoms with Crippen molar-refractivity contribution in [3.8, 4) is 0 Å². The molecule has 0 aliphatic carbocycles. The molecule has 4 nitrogen and oxygen atoms in total. The summed E-state index contributed by atoms with van der Waals surface area (Å²) in [5, 5.41) is 6.18. The molecule has 1 saturated heterocycles. The van der Waals surface area contributed by atoms with Crippen LogP contribution in [0.4, 0.5) is 0 Å². The minimum Gasteiger partial charge on any atom is -0.334 e. The molecule has 19 heavy (non-hydrogen) atoms. The number of halogens is 1. The monoisotopic (exact) mass is 323 g/mol. The standard InChI is InChI=1S/C14H18BrN3O/c1-11(12-2-4-13(15)5-3-12)18-14(17-10-19)6-8-16-9-7-14/h2-5,10,16H,6-9H2,1H3,(H,17,19). The van der Waals surface area contributed by atoms with Crippen LogP contribution in [0.25, 0.3) is 0 Å². The van der Waals surface area contributed by atoms with E-state index in [9.17, 15) is 4.79 Å². The molecule has 0 radical (unpaired) electrons. The van der Waals surface area contributed by atoms with Crippen LogP contribution in [0.2, 0.25) is 0 Å². The predicted octanol–water partition coefficient (Wildman–Crippen LogP) is 2.08. The normalized spacial score (nSPS) is 18.9. The van der Waals surface area contributed by atoms with Gasteiger partial charge in [-0.05, 0) is 37.7 Å². The summed E-state index contributed by atoms with van der Waals surface area (Å²) in [6.07, 6.45) is 2.39. The van der Waals surface area contributed by atoms with Gasteiger partial charge in [-0.1, -0.05) is 28.1 Å². The smallest absolute Gasteiger partial charge is 0.208 e. The molecular formula is C14H18BrN3O. The predicted molar refractivity (Wildman–Crippen MR) is 80.4 cm³/mol. The first kappa shape index (κ1) is 14.2.